The number of aliphatic hydroxyl groups is 1. The molecule has 1 aliphatic heterocycles. The Balaban J connectivity index is 1.49. The minimum absolute atomic E-state index is 0.0233. The number of morpholine rings is 1. The summed E-state index contributed by atoms with van der Waals surface area (Å²) in [7, 11) is -3.90. The highest BCUT2D eigenvalue weighted by molar-refractivity contribution is 7.93. The van der Waals surface area contributed by atoms with Crippen LogP contribution in [0.25, 0.3) is 0 Å². The number of hydrogen-bond donors (Lipinski definition) is 1. The minimum Gasteiger partial charge on any atom is -0.393 e. The minimum atomic E-state index is -3.90. The van der Waals surface area contributed by atoms with Crippen LogP contribution in [0.5, 0.6) is 0 Å². The number of amides is 1. The van der Waals surface area contributed by atoms with Crippen molar-refractivity contribution in [1.29, 1.82) is 0 Å². The number of benzene rings is 3. The van der Waals surface area contributed by atoms with E-state index in [0.717, 1.165) is 22.7 Å². The van der Waals surface area contributed by atoms with Gasteiger partial charge in [0.05, 0.1) is 36.2 Å². The standard InChI is InChI=1S/C31H31Cl2FN2O5S/c32-22-12-10-20(11-13-22)29-30(21-4-3-5-23(33)16-21)41-28(18-37)31(38)36(29)27(19-8-9-19)17-35(42(39,40)24-14-15-24)26-7-2-1-6-25(26)34/h1-7,10-13,16,19,24,27-30,37H,8-9,14-15,17-18H2. The van der Waals surface area contributed by atoms with Crippen LogP contribution >= 0.6 is 23.2 Å². The van der Waals surface area contributed by atoms with Gasteiger partial charge in [-0.05, 0) is 79.1 Å². The van der Waals surface area contributed by atoms with Crippen LogP contribution in [0.15, 0.2) is 72.8 Å². The van der Waals surface area contributed by atoms with E-state index in [1.807, 2.05) is 18.2 Å². The summed E-state index contributed by atoms with van der Waals surface area (Å²) in [6.07, 6.45) is 0.665. The number of nitrogens with zero attached hydrogens (tertiary/aromatic N) is 2. The quantitative estimate of drug-likeness (QED) is 0.300. The van der Waals surface area contributed by atoms with E-state index in [9.17, 15) is 18.3 Å². The second-order valence-corrected chi connectivity index (χ2v) is 14.2. The third kappa shape index (κ3) is 5.77. The van der Waals surface area contributed by atoms with Gasteiger partial charge in [-0.3, -0.25) is 9.10 Å². The van der Waals surface area contributed by atoms with Gasteiger partial charge in [0, 0.05) is 10.0 Å². The fraction of sp³-hybridized carbons (Fsp3) is 0.387. The average Bonchev–Trinajstić information content (AvgIpc) is 3.88. The van der Waals surface area contributed by atoms with Crippen molar-refractivity contribution < 1.29 is 27.4 Å². The Hall–Kier alpha value is -2.69. The summed E-state index contributed by atoms with van der Waals surface area (Å²) in [5, 5.41) is 10.7. The predicted octanol–water partition coefficient (Wildman–Crippen LogP) is 5.91. The zero-order valence-electron chi connectivity index (χ0n) is 22.7. The van der Waals surface area contributed by atoms with Crippen LogP contribution in [-0.2, 0) is 19.6 Å². The molecule has 1 amide bonds. The van der Waals surface area contributed by atoms with E-state index >= 15 is 4.39 Å². The van der Waals surface area contributed by atoms with Crippen LogP contribution in [-0.4, -0.2) is 54.9 Å². The summed E-state index contributed by atoms with van der Waals surface area (Å²) in [4.78, 5) is 15.8. The monoisotopic (exact) mass is 632 g/mol. The smallest absolute Gasteiger partial charge is 0.255 e. The lowest BCUT2D eigenvalue weighted by atomic mass is 9.89. The molecule has 0 spiro atoms. The molecule has 11 heteroatoms. The van der Waals surface area contributed by atoms with Crippen molar-refractivity contribution in [2.75, 3.05) is 17.5 Å². The zero-order chi connectivity index (χ0) is 29.6. The van der Waals surface area contributed by atoms with Gasteiger partial charge in [0.25, 0.3) is 5.91 Å². The number of carbonyl (C=O) groups is 1. The number of halogens is 3. The topological polar surface area (TPSA) is 87.2 Å². The molecule has 2 saturated carbocycles. The summed E-state index contributed by atoms with van der Waals surface area (Å²) in [5.74, 6) is -1.13. The van der Waals surface area contributed by atoms with E-state index in [1.54, 1.807) is 41.3 Å². The lowest BCUT2D eigenvalue weighted by Gasteiger charge is -2.49. The van der Waals surface area contributed by atoms with Crippen LogP contribution in [0.1, 0.15) is 49.0 Å². The van der Waals surface area contributed by atoms with Crippen molar-refractivity contribution in [2.24, 2.45) is 5.92 Å². The molecule has 42 heavy (non-hydrogen) atoms. The number of rotatable bonds is 10. The van der Waals surface area contributed by atoms with Crippen LogP contribution in [0.3, 0.4) is 0 Å². The second-order valence-electron chi connectivity index (χ2n) is 11.2. The predicted molar refractivity (Wildman–Crippen MR) is 159 cm³/mol. The van der Waals surface area contributed by atoms with Crippen LogP contribution in [0.2, 0.25) is 10.0 Å². The van der Waals surface area contributed by atoms with Crippen molar-refractivity contribution in [3.05, 3.63) is 99.8 Å². The Bertz CT molecular complexity index is 1570. The van der Waals surface area contributed by atoms with Crippen LogP contribution < -0.4 is 4.31 Å². The molecule has 0 bridgehead atoms. The first-order valence-electron chi connectivity index (χ1n) is 14.0. The summed E-state index contributed by atoms with van der Waals surface area (Å²) in [6.45, 7) is -0.685. The number of hydrogen-bond acceptors (Lipinski definition) is 5. The first-order valence-corrected chi connectivity index (χ1v) is 16.3. The molecular formula is C31H31Cl2FN2O5S. The Labute approximate surface area is 254 Å². The SMILES string of the molecule is O=C1C(CO)OC(c2cccc(Cl)c2)C(c2ccc(Cl)cc2)N1C(CN(c1ccccc1F)S(=O)(=O)C1CC1)C1CC1. The number of carbonyl (C=O) groups excluding carboxylic acids is 1. The summed E-state index contributed by atoms with van der Waals surface area (Å²) >= 11 is 12.6. The highest BCUT2D eigenvalue weighted by atomic mass is 35.5. The molecule has 7 nitrogen and oxygen atoms in total. The first-order chi connectivity index (χ1) is 20.2. The van der Waals surface area contributed by atoms with Gasteiger partial charge in [0.2, 0.25) is 10.0 Å². The normalized spacial score (nSPS) is 23.6. The number of aliphatic hydroxyl groups excluding tert-OH is 1. The number of anilines is 1. The molecule has 1 saturated heterocycles. The van der Waals surface area contributed by atoms with Crippen molar-refractivity contribution in [3.8, 4) is 0 Å². The molecule has 4 atom stereocenters. The molecule has 4 unspecified atom stereocenters. The molecular weight excluding hydrogens is 602 g/mol. The van der Waals surface area contributed by atoms with E-state index < -0.39 is 57.9 Å². The third-order valence-electron chi connectivity index (χ3n) is 8.23. The van der Waals surface area contributed by atoms with Gasteiger partial charge in [-0.2, -0.15) is 0 Å². The molecule has 0 radical (unpaired) electrons. The fourth-order valence-corrected chi connectivity index (χ4v) is 8.04. The number of sulfonamides is 1. The van der Waals surface area contributed by atoms with Gasteiger partial charge in [-0.25, -0.2) is 12.8 Å². The molecule has 1 heterocycles. The molecule has 3 aromatic rings. The van der Waals surface area contributed by atoms with Gasteiger partial charge in [0.15, 0.2) is 6.10 Å². The van der Waals surface area contributed by atoms with E-state index in [-0.39, 0.29) is 18.2 Å². The average molecular weight is 634 g/mol. The molecule has 3 aliphatic rings. The molecule has 2 aliphatic carbocycles. The largest absolute Gasteiger partial charge is 0.393 e. The van der Waals surface area contributed by atoms with Crippen LogP contribution in [0.4, 0.5) is 10.1 Å². The lowest BCUT2D eigenvalue weighted by molar-refractivity contribution is -0.184. The Morgan fingerprint density at radius 1 is 0.952 bits per heavy atom. The van der Waals surface area contributed by atoms with Crippen molar-refractivity contribution in [1.82, 2.24) is 4.90 Å². The maximum Gasteiger partial charge on any atom is 0.255 e. The highest BCUT2D eigenvalue weighted by Crippen LogP contribution is 2.48. The van der Waals surface area contributed by atoms with Crippen molar-refractivity contribution in [3.63, 3.8) is 0 Å². The highest BCUT2D eigenvalue weighted by Gasteiger charge is 2.52. The van der Waals surface area contributed by atoms with E-state index in [0.29, 0.717) is 28.5 Å². The van der Waals surface area contributed by atoms with Gasteiger partial charge in [-0.1, -0.05) is 59.6 Å². The van der Waals surface area contributed by atoms with Crippen molar-refractivity contribution in [2.45, 2.75) is 55.2 Å². The lowest BCUT2D eigenvalue weighted by Crippen LogP contribution is -2.59. The molecule has 1 N–H and O–H groups in total. The Morgan fingerprint density at radius 2 is 1.67 bits per heavy atom. The second kappa shape index (κ2) is 11.8. The maximum atomic E-state index is 15.2. The summed E-state index contributed by atoms with van der Waals surface area (Å²) in [6, 6.07) is 18.7. The molecule has 0 aromatic heterocycles. The third-order valence-corrected chi connectivity index (χ3v) is 11.0. The first kappa shape index (κ1) is 29.4. The Morgan fingerprint density at radius 3 is 2.29 bits per heavy atom. The zero-order valence-corrected chi connectivity index (χ0v) is 25.0. The maximum absolute atomic E-state index is 15.2. The van der Waals surface area contributed by atoms with Crippen LogP contribution in [0, 0.1) is 11.7 Å². The van der Waals surface area contributed by atoms with E-state index in [4.69, 9.17) is 27.9 Å². The molecule has 222 valence electrons. The summed E-state index contributed by atoms with van der Waals surface area (Å²) in [5.41, 5.74) is 1.38. The fourth-order valence-electron chi connectivity index (χ4n) is 5.84. The molecule has 3 fully saturated rings. The van der Waals surface area contributed by atoms with Gasteiger partial charge in [-0.15, -0.1) is 0 Å². The Kier molecular flexibility index (Phi) is 8.24. The summed E-state index contributed by atoms with van der Waals surface area (Å²) < 4.78 is 50.2. The molecule has 3 aromatic carbocycles. The molecule has 6 rings (SSSR count). The van der Waals surface area contributed by atoms with Gasteiger partial charge < -0.3 is 14.7 Å². The van der Waals surface area contributed by atoms with E-state index in [1.165, 1.54) is 18.2 Å². The van der Waals surface area contributed by atoms with Crippen molar-refractivity contribution >= 4 is 44.8 Å². The number of para-hydroxylation sites is 1. The van der Waals surface area contributed by atoms with Gasteiger partial charge >= 0.3 is 0 Å². The van der Waals surface area contributed by atoms with E-state index in [2.05, 4.69) is 0 Å². The number of ether oxygens (including phenoxy) is 1. The van der Waals surface area contributed by atoms with Gasteiger partial charge in [0.1, 0.15) is 11.9 Å².